The van der Waals surface area contributed by atoms with E-state index in [9.17, 15) is 9.59 Å². The smallest absolute Gasteiger partial charge is 0.263 e. The lowest BCUT2D eigenvalue weighted by Crippen LogP contribution is -2.43. The second-order valence-electron chi connectivity index (χ2n) is 6.30. The van der Waals surface area contributed by atoms with Crippen LogP contribution in [-0.4, -0.2) is 27.7 Å². The van der Waals surface area contributed by atoms with Crippen molar-refractivity contribution >= 4 is 11.8 Å². The molecule has 1 aromatic rings. The van der Waals surface area contributed by atoms with E-state index in [4.69, 9.17) is 0 Å². The summed E-state index contributed by atoms with van der Waals surface area (Å²) in [7, 11) is 0. The highest BCUT2D eigenvalue weighted by molar-refractivity contribution is 6.21. The molecule has 3 rings (SSSR count). The lowest BCUT2D eigenvalue weighted by atomic mass is 9.75. The third-order valence-corrected chi connectivity index (χ3v) is 4.39. The Morgan fingerprint density at radius 1 is 1.00 bits per heavy atom. The van der Waals surface area contributed by atoms with Crippen LogP contribution in [0.5, 0.6) is 0 Å². The molecular formula is C19H30N2O2. The van der Waals surface area contributed by atoms with Crippen molar-refractivity contribution in [2.75, 3.05) is 0 Å². The third-order valence-electron chi connectivity index (χ3n) is 4.39. The maximum absolute atomic E-state index is 12.3. The normalized spacial score (nSPS) is 19.3. The van der Waals surface area contributed by atoms with Crippen molar-refractivity contribution in [1.82, 2.24) is 9.88 Å². The Balaban J connectivity index is 0.000000615. The van der Waals surface area contributed by atoms with E-state index in [-0.39, 0.29) is 17.9 Å². The Morgan fingerprint density at radius 3 is 2.04 bits per heavy atom. The molecule has 0 spiro atoms. The first-order chi connectivity index (χ1) is 11.0. The average Bonchev–Trinajstić information content (AvgIpc) is 2.84. The molecule has 0 unspecified atom stereocenters. The third kappa shape index (κ3) is 3.98. The second kappa shape index (κ2) is 8.23. The number of carbonyl (C=O) groups excluding carboxylic acids is 2. The highest BCUT2D eigenvalue weighted by Crippen LogP contribution is 2.38. The molecule has 2 heterocycles. The molecule has 0 radical (unpaired) electrons. The van der Waals surface area contributed by atoms with Gasteiger partial charge in [0.15, 0.2) is 0 Å². The largest absolute Gasteiger partial charge is 0.271 e. The highest BCUT2D eigenvalue weighted by Gasteiger charge is 2.42. The number of amides is 2. The predicted octanol–water partition coefficient (Wildman–Crippen LogP) is 4.70. The number of pyridine rings is 1. The van der Waals surface area contributed by atoms with E-state index in [1.165, 1.54) is 11.1 Å². The fourth-order valence-electron chi connectivity index (χ4n) is 3.08. The summed E-state index contributed by atoms with van der Waals surface area (Å²) in [5.74, 6) is -0.315. The fourth-order valence-corrected chi connectivity index (χ4v) is 3.08. The van der Waals surface area contributed by atoms with Crippen LogP contribution in [0.1, 0.15) is 87.9 Å². The molecule has 2 aliphatic rings. The minimum Gasteiger partial charge on any atom is -0.271 e. The molecule has 1 aromatic heterocycles. The molecule has 0 aromatic carbocycles. The van der Waals surface area contributed by atoms with E-state index in [1.807, 2.05) is 27.7 Å². The summed E-state index contributed by atoms with van der Waals surface area (Å²) in [6, 6.07) is 1.70. The van der Waals surface area contributed by atoms with Crippen molar-refractivity contribution in [1.29, 1.82) is 0 Å². The Labute approximate surface area is 140 Å². The molecule has 0 N–H and O–H groups in total. The molecule has 1 aliphatic heterocycles. The van der Waals surface area contributed by atoms with E-state index >= 15 is 0 Å². The first-order valence-corrected chi connectivity index (χ1v) is 8.81. The lowest BCUT2D eigenvalue weighted by Gasteiger charge is -2.37. The maximum Gasteiger partial charge on any atom is 0.263 e. The first-order valence-electron chi connectivity index (χ1n) is 8.81. The zero-order chi connectivity index (χ0) is 17.6. The van der Waals surface area contributed by atoms with Crippen molar-refractivity contribution in [3.8, 4) is 0 Å². The molecule has 4 heteroatoms. The van der Waals surface area contributed by atoms with Crippen molar-refractivity contribution in [3.05, 3.63) is 29.6 Å². The Kier molecular flexibility index (Phi) is 6.92. The van der Waals surface area contributed by atoms with Crippen LogP contribution >= 0.6 is 0 Å². The van der Waals surface area contributed by atoms with Crippen LogP contribution in [0.15, 0.2) is 18.5 Å². The summed E-state index contributed by atoms with van der Waals surface area (Å²) in [5.41, 5.74) is 1.29. The molecule has 4 nitrogen and oxygen atoms in total. The van der Waals surface area contributed by atoms with Gasteiger partial charge in [-0.05, 0) is 37.2 Å². The molecule has 1 aliphatic carbocycles. The molecule has 0 bridgehead atoms. The quantitative estimate of drug-likeness (QED) is 0.705. The first kappa shape index (κ1) is 19.3. The Hall–Kier alpha value is -1.71. The summed E-state index contributed by atoms with van der Waals surface area (Å²) < 4.78 is 0. The summed E-state index contributed by atoms with van der Waals surface area (Å²) >= 11 is 0. The zero-order valence-electron chi connectivity index (χ0n) is 15.3. The van der Waals surface area contributed by atoms with Crippen LogP contribution in [-0.2, 0) is 0 Å². The van der Waals surface area contributed by atoms with Gasteiger partial charge in [-0.25, -0.2) is 0 Å². The minimum absolute atomic E-state index is 0.0559. The predicted molar refractivity (Wildman–Crippen MR) is 93.5 cm³/mol. The van der Waals surface area contributed by atoms with E-state index in [1.54, 1.807) is 12.3 Å². The standard InChI is InChI=1S/C15H18N2O2.2C2H6/c1-15(2)6-3-10(4-7-15)17-13(18)11-5-8-16-9-12(11)14(17)19;2*1-2/h5,8-10H,3-4,6-7H2,1-2H3;2*1-2H3. The van der Waals surface area contributed by atoms with Gasteiger partial charge in [-0.1, -0.05) is 41.5 Å². The van der Waals surface area contributed by atoms with Crippen molar-refractivity contribution in [2.45, 2.75) is 73.3 Å². The molecule has 0 atom stereocenters. The van der Waals surface area contributed by atoms with E-state index in [0.29, 0.717) is 16.5 Å². The summed E-state index contributed by atoms with van der Waals surface area (Å²) in [6.07, 6.45) is 7.00. The molecule has 2 amide bonds. The van der Waals surface area contributed by atoms with Crippen LogP contribution in [0.25, 0.3) is 0 Å². The number of hydrogen-bond acceptors (Lipinski definition) is 3. The minimum atomic E-state index is -0.169. The van der Waals surface area contributed by atoms with Gasteiger partial charge in [0, 0.05) is 18.4 Å². The zero-order valence-corrected chi connectivity index (χ0v) is 15.3. The van der Waals surface area contributed by atoms with Gasteiger partial charge in [-0.3, -0.25) is 19.5 Å². The van der Waals surface area contributed by atoms with Crippen LogP contribution in [0.2, 0.25) is 0 Å². The Morgan fingerprint density at radius 2 is 1.52 bits per heavy atom. The average molecular weight is 318 g/mol. The maximum atomic E-state index is 12.3. The second-order valence-corrected chi connectivity index (χ2v) is 6.30. The molecule has 128 valence electrons. The summed E-state index contributed by atoms with van der Waals surface area (Å²) in [6.45, 7) is 12.5. The molecule has 23 heavy (non-hydrogen) atoms. The monoisotopic (exact) mass is 318 g/mol. The molecule has 0 saturated heterocycles. The van der Waals surface area contributed by atoms with E-state index in [2.05, 4.69) is 18.8 Å². The number of rotatable bonds is 1. The number of fused-ring (bicyclic) bond motifs is 1. The molecular weight excluding hydrogens is 288 g/mol. The lowest BCUT2D eigenvalue weighted by molar-refractivity contribution is 0.0495. The van der Waals surface area contributed by atoms with E-state index < -0.39 is 0 Å². The molecule has 1 fully saturated rings. The van der Waals surface area contributed by atoms with Crippen molar-refractivity contribution in [3.63, 3.8) is 0 Å². The van der Waals surface area contributed by atoms with Gasteiger partial charge >= 0.3 is 0 Å². The number of aromatic nitrogens is 1. The van der Waals surface area contributed by atoms with Gasteiger partial charge in [-0.15, -0.1) is 0 Å². The number of carbonyl (C=O) groups is 2. The SMILES string of the molecule is CC.CC.CC1(C)CCC(N2C(=O)c3ccncc3C2=O)CC1. The van der Waals surface area contributed by atoms with Gasteiger partial charge in [0.2, 0.25) is 0 Å². The van der Waals surface area contributed by atoms with Gasteiger partial charge < -0.3 is 0 Å². The van der Waals surface area contributed by atoms with Crippen molar-refractivity contribution < 1.29 is 9.59 Å². The Bertz CT molecular complexity index is 507. The van der Waals surface area contributed by atoms with Gasteiger partial charge in [0.25, 0.3) is 11.8 Å². The van der Waals surface area contributed by atoms with E-state index in [0.717, 1.165) is 25.7 Å². The molecule has 1 saturated carbocycles. The van der Waals surface area contributed by atoms with Crippen LogP contribution in [0.4, 0.5) is 0 Å². The van der Waals surface area contributed by atoms with Crippen LogP contribution in [0, 0.1) is 5.41 Å². The van der Waals surface area contributed by atoms with Crippen molar-refractivity contribution in [2.24, 2.45) is 5.41 Å². The van der Waals surface area contributed by atoms with Crippen LogP contribution in [0.3, 0.4) is 0 Å². The number of nitrogens with zero attached hydrogens (tertiary/aromatic N) is 2. The van der Waals surface area contributed by atoms with Gasteiger partial charge in [0.05, 0.1) is 11.1 Å². The number of hydrogen-bond donors (Lipinski definition) is 0. The van der Waals surface area contributed by atoms with Gasteiger partial charge in [-0.2, -0.15) is 0 Å². The fraction of sp³-hybridized carbons (Fsp3) is 0.632. The number of imide groups is 1. The van der Waals surface area contributed by atoms with Gasteiger partial charge in [0.1, 0.15) is 0 Å². The highest BCUT2D eigenvalue weighted by atomic mass is 16.2. The topological polar surface area (TPSA) is 50.3 Å². The summed E-state index contributed by atoms with van der Waals surface area (Å²) in [5, 5.41) is 0. The summed E-state index contributed by atoms with van der Waals surface area (Å²) in [4.78, 5) is 30.1. The van der Waals surface area contributed by atoms with Crippen LogP contribution < -0.4 is 0 Å².